The van der Waals surface area contributed by atoms with Crippen LogP contribution in [0.5, 0.6) is 0 Å². The zero-order valence-electron chi connectivity index (χ0n) is 12.7. The van der Waals surface area contributed by atoms with E-state index < -0.39 is 0 Å². The molecule has 0 bridgehead atoms. The van der Waals surface area contributed by atoms with E-state index in [9.17, 15) is 0 Å². The summed E-state index contributed by atoms with van der Waals surface area (Å²) in [4.78, 5) is 4.07. The highest BCUT2D eigenvalue weighted by molar-refractivity contribution is 7.10. The predicted octanol–water partition coefficient (Wildman–Crippen LogP) is 1.90. The number of nitrogens with one attached hydrogen (secondary N) is 1. The third-order valence-corrected chi connectivity index (χ3v) is 4.83. The standard InChI is InChI=1S/C15H23N5S/c1-12(2)16-9-14-11-20(18-17-14)7-6-19-5-3-15-13(10-19)4-8-21-15/h4,8,11-12,16H,3,5-7,9-10H2,1-2H3. The Labute approximate surface area is 130 Å². The topological polar surface area (TPSA) is 46.0 Å². The first-order chi connectivity index (χ1) is 10.2. The molecule has 0 aromatic carbocycles. The summed E-state index contributed by atoms with van der Waals surface area (Å²) in [7, 11) is 0. The van der Waals surface area contributed by atoms with E-state index in [1.165, 1.54) is 12.0 Å². The summed E-state index contributed by atoms with van der Waals surface area (Å²) in [6.07, 6.45) is 3.24. The van der Waals surface area contributed by atoms with Gasteiger partial charge >= 0.3 is 0 Å². The molecule has 5 nitrogen and oxygen atoms in total. The molecule has 0 unspecified atom stereocenters. The van der Waals surface area contributed by atoms with E-state index in [-0.39, 0.29) is 0 Å². The highest BCUT2D eigenvalue weighted by Crippen LogP contribution is 2.23. The first-order valence-corrected chi connectivity index (χ1v) is 8.48. The molecule has 3 rings (SSSR count). The van der Waals surface area contributed by atoms with Crippen LogP contribution in [0.4, 0.5) is 0 Å². The lowest BCUT2D eigenvalue weighted by Gasteiger charge is -2.26. The fourth-order valence-corrected chi connectivity index (χ4v) is 3.47. The van der Waals surface area contributed by atoms with Crippen molar-refractivity contribution in [2.24, 2.45) is 0 Å². The second-order valence-corrected chi connectivity index (χ2v) is 6.90. The van der Waals surface area contributed by atoms with Gasteiger partial charge in [0.1, 0.15) is 0 Å². The summed E-state index contributed by atoms with van der Waals surface area (Å²) in [5.41, 5.74) is 2.52. The van der Waals surface area contributed by atoms with Gasteiger partial charge in [0.25, 0.3) is 0 Å². The molecule has 0 saturated carbocycles. The molecule has 0 spiro atoms. The van der Waals surface area contributed by atoms with Crippen molar-refractivity contribution in [2.75, 3.05) is 13.1 Å². The Morgan fingerprint density at radius 3 is 3.14 bits per heavy atom. The monoisotopic (exact) mass is 305 g/mol. The summed E-state index contributed by atoms with van der Waals surface area (Å²) in [5, 5.41) is 14.0. The number of hydrogen-bond acceptors (Lipinski definition) is 5. The smallest absolute Gasteiger partial charge is 0.0964 e. The molecule has 2 aromatic rings. The molecular weight excluding hydrogens is 282 g/mol. The fourth-order valence-electron chi connectivity index (χ4n) is 2.58. The van der Waals surface area contributed by atoms with Crippen LogP contribution < -0.4 is 5.32 Å². The van der Waals surface area contributed by atoms with Gasteiger partial charge in [-0.05, 0) is 23.4 Å². The maximum absolute atomic E-state index is 4.21. The average Bonchev–Trinajstić information content (AvgIpc) is 3.11. The van der Waals surface area contributed by atoms with Crippen molar-refractivity contribution in [2.45, 2.75) is 45.9 Å². The first kappa shape index (κ1) is 14.7. The number of aromatic nitrogens is 3. The molecule has 114 valence electrons. The van der Waals surface area contributed by atoms with Gasteiger partial charge in [-0.3, -0.25) is 9.58 Å². The number of fused-ring (bicyclic) bond motifs is 1. The fraction of sp³-hybridized carbons (Fsp3) is 0.600. The van der Waals surface area contributed by atoms with E-state index in [2.05, 4.69) is 52.0 Å². The quantitative estimate of drug-likeness (QED) is 0.885. The van der Waals surface area contributed by atoms with Crippen molar-refractivity contribution in [1.82, 2.24) is 25.2 Å². The number of thiophene rings is 1. The zero-order valence-corrected chi connectivity index (χ0v) is 13.6. The molecule has 0 aliphatic carbocycles. The van der Waals surface area contributed by atoms with Crippen LogP contribution in [0.25, 0.3) is 0 Å². The van der Waals surface area contributed by atoms with E-state index >= 15 is 0 Å². The Morgan fingerprint density at radius 2 is 2.29 bits per heavy atom. The molecule has 0 radical (unpaired) electrons. The van der Waals surface area contributed by atoms with Crippen LogP contribution >= 0.6 is 11.3 Å². The van der Waals surface area contributed by atoms with Crippen molar-refractivity contribution < 1.29 is 0 Å². The molecule has 3 heterocycles. The van der Waals surface area contributed by atoms with E-state index in [1.807, 2.05) is 16.0 Å². The van der Waals surface area contributed by atoms with Crippen molar-refractivity contribution in [1.29, 1.82) is 0 Å². The Balaban J connectivity index is 1.47. The van der Waals surface area contributed by atoms with Gasteiger partial charge in [0, 0.05) is 43.3 Å². The molecule has 1 aliphatic heterocycles. The summed E-state index contributed by atoms with van der Waals surface area (Å²) >= 11 is 1.89. The number of nitrogens with zero attached hydrogens (tertiary/aromatic N) is 4. The van der Waals surface area contributed by atoms with Crippen LogP contribution in [-0.4, -0.2) is 39.0 Å². The minimum atomic E-state index is 0.475. The van der Waals surface area contributed by atoms with E-state index in [1.54, 1.807) is 4.88 Å². The van der Waals surface area contributed by atoms with Gasteiger partial charge in [-0.1, -0.05) is 19.1 Å². The lowest BCUT2D eigenvalue weighted by atomic mass is 10.1. The van der Waals surface area contributed by atoms with E-state index in [0.717, 1.165) is 38.4 Å². The maximum Gasteiger partial charge on any atom is 0.0964 e. The maximum atomic E-state index is 4.21. The van der Waals surface area contributed by atoms with Crippen molar-refractivity contribution in [3.8, 4) is 0 Å². The van der Waals surface area contributed by atoms with Gasteiger partial charge in [0.15, 0.2) is 0 Å². The minimum Gasteiger partial charge on any atom is -0.309 e. The second-order valence-electron chi connectivity index (χ2n) is 5.90. The molecule has 0 atom stereocenters. The molecule has 1 aliphatic rings. The summed E-state index contributed by atoms with van der Waals surface area (Å²) in [6, 6.07) is 2.74. The normalized spacial score (nSPS) is 15.6. The Hall–Kier alpha value is -1.24. The molecule has 21 heavy (non-hydrogen) atoms. The van der Waals surface area contributed by atoms with E-state index in [0.29, 0.717) is 6.04 Å². The van der Waals surface area contributed by atoms with Crippen LogP contribution in [0, 0.1) is 0 Å². The summed E-state index contributed by atoms with van der Waals surface area (Å²) < 4.78 is 1.96. The zero-order chi connectivity index (χ0) is 14.7. The Bertz CT molecular complexity index is 574. The van der Waals surface area contributed by atoms with Crippen molar-refractivity contribution >= 4 is 11.3 Å². The van der Waals surface area contributed by atoms with Gasteiger partial charge in [0.05, 0.1) is 12.2 Å². The molecule has 0 amide bonds. The third kappa shape index (κ3) is 3.90. The van der Waals surface area contributed by atoms with Crippen LogP contribution in [0.3, 0.4) is 0 Å². The highest BCUT2D eigenvalue weighted by atomic mass is 32.1. The highest BCUT2D eigenvalue weighted by Gasteiger charge is 2.16. The molecule has 2 aromatic heterocycles. The third-order valence-electron chi connectivity index (χ3n) is 3.81. The van der Waals surface area contributed by atoms with Gasteiger partial charge < -0.3 is 5.32 Å². The first-order valence-electron chi connectivity index (χ1n) is 7.60. The predicted molar refractivity (Wildman–Crippen MR) is 85.3 cm³/mol. The Morgan fingerprint density at radius 1 is 1.38 bits per heavy atom. The lowest BCUT2D eigenvalue weighted by Crippen LogP contribution is -2.32. The van der Waals surface area contributed by atoms with Gasteiger partial charge in [-0.25, -0.2) is 0 Å². The Kier molecular flexibility index (Phi) is 4.67. The van der Waals surface area contributed by atoms with Crippen LogP contribution in [-0.2, 0) is 26.1 Å². The second kappa shape index (κ2) is 6.68. The van der Waals surface area contributed by atoms with Gasteiger partial charge in [-0.2, -0.15) is 0 Å². The summed E-state index contributed by atoms with van der Waals surface area (Å²) in [5.74, 6) is 0. The van der Waals surface area contributed by atoms with Crippen molar-refractivity contribution in [3.05, 3.63) is 33.8 Å². The number of rotatable bonds is 6. The molecular formula is C15H23N5S. The van der Waals surface area contributed by atoms with Gasteiger partial charge in [0.2, 0.25) is 0 Å². The average molecular weight is 305 g/mol. The minimum absolute atomic E-state index is 0.475. The molecule has 0 fully saturated rings. The molecule has 0 saturated heterocycles. The van der Waals surface area contributed by atoms with Crippen LogP contribution in [0.1, 0.15) is 30.0 Å². The SMILES string of the molecule is CC(C)NCc1cn(CCN2CCc3sccc3C2)nn1. The molecule has 6 heteroatoms. The van der Waals surface area contributed by atoms with Crippen LogP contribution in [0.15, 0.2) is 17.6 Å². The molecule has 1 N–H and O–H groups in total. The van der Waals surface area contributed by atoms with Crippen LogP contribution in [0.2, 0.25) is 0 Å². The van der Waals surface area contributed by atoms with Crippen molar-refractivity contribution in [3.63, 3.8) is 0 Å². The lowest BCUT2D eigenvalue weighted by molar-refractivity contribution is 0.241. The van der Waals surface area contributed by atoms with Gasteiger partial charge in [-0.15, -0.1) is 16.4 Å². The largest absolute Gasteiger partial charge is 0.309 e. The number of hydrogen-bond donors (Lipinski definition) is 1. The summed E-state index contributed by atoms with van der Waals surface area (Å²) in [6.45, 7) is 9.25. The van der Waals surface area contributed by atoms with E-state index in [4.69, 9.17) is 0 Å².